The van der Waals surface area contributed by atoms with Crippen LogP contribution < -0.4 is 4.18 Å². The van der Waals surface area contributed by atoms with Crippen LogP contribution in [-0.4, -0.2) is 8.42 Å². The van der Waals surface area contributed by atoms with Crippen LogP contribution in [0, 0.1) is 0 Å². The van der Waals surface area contributed by atoms with Crippen LogP contribution >= 0.6 is 15.9 Å². The van der Waals surface area contributed by atoms with Crippen molar-refractivity contribution >= 4 is 26.0 Å². The molecule has 0 saturated heterocycles. The molecule has 0 saturated carbocycles. The maximum absolute atomic E-state index is 11.9. The molecule has 0 N–H and O–H groups in total. The molecule has 0 aliphatic heterocycles. The highest BCUT2D eigenvalue weighted by Crippen LogP contribution is 2.27. The molecule has 0 bridgehead atoms. The van der Waals surface area contributed by atoms with E-state index in [2.05, 4.69) is 15.9 Å². The third-order valence-electron chi connectivity index (χ3n) is 2.07. The SMILES string of the molecule is O=S(=O)(Oc1ccccc1Br)c1ccccc1. The van der Waals surface area contributed by atoms with Crippen LogP contribution in [0.3, 0.4) is 0 Å². The highest BCUT2D eigenvalue weighted by atomic mass is 79.9. The van der Waals surface area contributed by atoms with Gasteiger partial charge < -0.3 is 4.18 Å². The Morgan fingerprint density at radius 2 is 1.47 bits per heavy atom. The van der Waals surface area contributed by atoms with Gasteiger partial charge in [-0.15, -0.1) is 0 Å². The Morgan fingerprint density at radius 3 is 2.12 bits per heavy atom. The van der Waals surface area contributed by atoms with E-state index in [0.717, 1.165) is 0 Å². The molecule has 0 aliphatic carbocycles. The van der Waals surface area contributed by atoms with Gasteiger partial charge in [-0.1, -0.05) is 30.3 Å². The van der Waals surface area contributed by atoms with Crippen molar-refractivity contribution in [2.45, 2.75) is 4.90 Å². The summed E-state index contributed by atoms with van der Waals surface area (Å²) < 4.78 is 29.5. The van der Waals surface area contributed by atoms with Crippen LogP contribution in [0.2, 0.25) is 0 Å². The Hall–Kier alpha value is -1.33. The maximum Gasteiger partial charge on any atom is 0.339 e. The van der Waals surface area contributed by atoms with E-state index < -0.39 is 10.1 Å². The van der Waals surface area contributed by atoms with Crippen LogP contribution in [0.15, 0.2) is 64.0 Å². The molecule has 5 heteroatoms. The van der Waals surface area contributed by atoms with E-state index in [1.165, 1.54) is 12.1 Å². The topological polar surface area (TPSA) is 43.4 Å². The van der Waals surface area contributed by atoms with E-state index in [1.54, 1.807) is 42.5 Å². The number of hydrogen-bond acceptors (Lipinski definition) is 3. The first-order valence-electron chi connectivity index (χ1n) is 4.84. The fourth-order valence-electron chi connectivity index (χ4n) is 1.27. The normalized spacial score (nSPS) is 11.1. The summed E-state index contributed by atoms with van der Waals surface area (Å²) in [6.07, 6.45) is 0. The molecule has 0 unspecified atom stereocenters. The minimum absolute atomic E-state index is 0.135. The van der Waals surface area contributed by atoms with Crippen molar-refractivity contribution in [1.29, 1.82) is 0 Å². The van der Waals surface area contributed by atoms with Gasteiger partial charge in [-0.25, -0.2) is 0 Å². The standard InChI is InChI=1S/C12H9BrO3S/c13-11-8-4-5-9-12(11)16-17(14,15)10-6-2-1-3-7-10/h1-9H. The van der Waals surface area contributed by atoms with Gasteiger partial charge in [-0.3, -0.25) is 0 Å². The van der Waals surface area contributed by atoms with Gasteiger partial charge in [0.05, 0.1) is 4.47 Å². The molecule has 2 aromatic carbocycles. The van der Waals surface area contributed by atoms with Gasteiger partial charge in [0.15, 0.2) is 5.75 Å². The highest BCUT2D eigenvalue weighted by Gasteiger charge is 2.16. The minimum Gasteiger partial charge on any atom is -0.378 e. The fraction of sp³-hybridized carbons (Fsp3) is 0. The largest absolute Gasteiger partial charge is 0.378 e. The molecule has 0 aromatic heterocycles. The summed E-state index contributed by atoms with van der Waals surface area (Å²) in [7, 11) is -3.77. The van der Waals surface area contributed by atoms with Gasteiger partial charge in [0.2, 0.25) is 0 Å². The lowest BCUT2D eigenvalue weighted by atomic mass is 10.3. The van der Waals surface area contributed by atoms with Gasteiger partial charge in [-0.05, 0) is 40.2 Å². The Bertz CT molecular complexity index is 609. The third-order valence-corrected chi connectivity index (χ3v) is 3.97. The highest BCUT2D eigenvalue weighted by molar-refractivity contribution is 9.10. The Kier molecular flexibility index (Phi) is 3.49. The van der Waals surface area contributed by atoms with E-state index in [1.807, 2.05) is 0 Å². The van der Waals surface area contributed by atoms with Crippen molar-refractivity contribution in [2.24, 2.45) is 0 Å². The number of hydrogen-bond donors (Lipinski definition) is 0. The predicted molar refractivity (Wildman–Crippen MR) is 68.4 cm³/mol. The van der Waals surface area contributed by atoms with Crippen LogP contribution in [0.25, 0.3) is 0 Å². The van der Waals surface area contributed by atoms with Gasteiger partial charge in [-0.2, -0.15) is 8.42 Å². The molecular formula is C12H9BrO3S. The zero-order valence-corrected chi connectivity index (χ0v) is 11.1. The predicted octanol–water partition coefficient (Wildman–Crippen LogP) is 3.22. The lowest BCUT2D eigenvalue weighted by molar-refractivity contribution is 0.484. The summed E-state index contributed by atoms with van der Waals surface area (Å²) in [5.41, 5.74) is 0. The second-order valence-electron chi connectivity index (χ2n) is 3.28. The summed E-state index contributed by atoms with van der Waals surface area (Å²) in [5, 5.41) is 0. The summed E-state index contributed by atoms with van der Waals surface area (Å²) in [5.74, 6) is 0.274. The van der Waals surface area contributed by atoms with E-state index in [9.17, 15) is 8.42 Å². The molecule has 0 radical (unpaired) electrons. The van der Waals surface area contributed by atoms with Crippen molar-refractivity contribution in [2.75, 3.05) is 0 Å². The van der Waals surface area contributed by atoms with Gasteiger partial charge >= 0.3 is 10.1 Å². The zero-order valence-electron chi connectivity index (χ0n) is 8.71. The fourth-order valence-corrected chi connectivity index (χ4v) is 2.71. The number of para-hydroxylation sites is 1. The first kappa shape index (κ1) is 12.1. The van der Waals surface area contributed by atoms with Crippen molar-refractivity contribution in [3.63, 3.8) is 0 Å². The Balaban J connectivity index is 2.34. The summed E-state index contributed by atoms with van der Waals surface area (Å²) in [4.78, 5) is 0.135. The first-order valence-corrected chi connectivity index (χ1v) is 7.04. The maximum atomic E-state index is 11.9. The molecule has 2 rings (SSSR count). The molecule has 0 spiro atoms. The molecule has 17 heavy (non-hydrogen) atoms. The van der Waals surface area contributed by atoms with Crippen molar-refractivity contribution in [3.05, 3.63) is 59.1 Å². The third kappa shape index (κ3) is 2.87. The van der Waals surface area contributed by atoms with E-state index in [-0.39, 0.29) is 10.6 Å². The smallest absolute Gasteiger partial charge is 0.339 e. The molecule has 0 atom stereocenters. The number of benzene rings is 2. The lowest BCUT2D eigenvalue weighted by Crippen LogP contribution is -2.09. The molecule has 2 aromatic rings. The molecular weight excluding hydrogens is 304 g/mol. The minimum atomic E-state index is -3.77. The second-order valence-corrected chi connectivity index (χ2v) is 5.68. The van der Waals surface area contributed by atoms with E-state index in [4.69, 9.17) is 4.18 Å². The average molecular weight is 313 g/mol. The van der Waals surface area contributed by atoms with Crippen LogP contribution in [0.1, 0.15) is 0 Å². The van der Waals surface area contributed by atoms with E-state index in [0.29, 0.717) is 4.47 Å². The Labute approximate surface area is 108 Å². The van der Waals surface area contributed by atoms with Crippen LogP contribution in [-0.2, 0) is 10.1 Å². The van der Waals surface area contributed by atoms with Crippen molar-refractivity contribution < 1.29 is 12.6 Å². The van der Waals surface area contributed by atoms with E-state index >= 15 is 0 Å². The van der Waals surface area contributed by atoms with Crippen molar-refractivity contribution in [1.82, 2.24) is 0 Å². The molecule has 88 valence electrons. The summed E-state index contributed by atoms with van der Waals surface area (Å²) in [6.45, 7) is 0. The zero-order chi connectivity index (χ0) is 12.3. The second kappa shape index (κ2) is 4.89. The van der Waals surface area contributed by atoms with Crippen LogP contribution in [0.5, 0.6) is 5.75 Å². The summed E-state index contributed by atoms with van der Waals surface area (Å²) >= 11 is 3.23. The quantitative estimate of drug-likeness (QED) is 0.817. The number of halogens is 1. The van der Waals surface area contributed by atoms with Gasteiger partial charge in [0, 0.05) is 0 Å². The molecule has 0 heterocycles. The lowest BCUT2D eigenvalue weighted by Gasteiger charge is -2.07. The summed E-state index contributed by atoms with van der Waals surface area (Å²) in [6, 6.07) is 14.8. The van der Waals surface area contributed by atoms with Crippen molar-refractivity contribution in [3.8, 4) is 5.75 Å². The number of rotatable bonds is 3. The molecule has 0 aliphatic rings. The van der Waals surface area contributed by atoms with Gasteiger partial charge in [0.1, 0.15) is 4.90 Å². The van der Waals surface area contributed by atoms with Gasteiger partial charge in [0.25, 0.3) is 0 Å². The monoisotopic (exact) mass is 312 g/mol. The molecule has 0 amide bonds. The Morgan fingerprint density at radius 1 is 0.882 bits per heavy atom. The van der Waals surface area contributed by atoms with Crippen LogP contribution in [0.4, 0.5) is 0 Å². The first-order chi connectivity index (χ1) is 8.09. The molecule has 0 fully saturated rings. The average Bonchev–Trinajstić information content (AvgIpc) is 2.33. The molecule has 3 nitrogen and oxygen atoms in total.